The van der Waals surface area contributed by atoms with E-state index in [-0.39, 0.29) is 10.9 Å². The monoisotopic (exact) mass is 318 g/mol. The Morgan fingerprint density at radius 3 is 2.76 bits per heavy atom. The molecule has 0 aromatic carbocycles. The first-order chi connectivity index (χ1) is 9.93. The minimum Gasteiger partial charge on any atom is -0.383 e. The second kappa shape index (κ2) is 8.47. The van der Waals surface area contributed by atoms with Crippen LogP contribution in [0.1, 0.15) is 20.8 Å². The summed E-state index contributed by atoms with van der Waals surface area (Å²) >= 11 is 0. The molecule has 1 aromatic heterocycles. The first kappa shape index (κ1) is 18.1. The van der Waals surface area contributed by atoms with Gasteiger partial charge in [-0.1, -0.05) is 6.92 Å². The van der Waals surface area contributed by atoms with E-state index in [9.17, 15) is 8.42 Å². The summed E-state index contributed by atoms with van der Waals surface area (Å²) in [6.07, 6.45) is 2.98. The number of sulfonamides is 1. The molecule has 8 heteroatoms. The first-order valence-electron chi connectivity index (χ1n) is 7.17. The fourth-order valence-electron chi connectivity index (χ4n) is 1.94. The van der Waals surface area contributed by atoms with Crippen molar-refractivity contribution < 1.29 is 13.2 Å². The topological polar surface area (TPSA) is 76.5 Å². The van der Waals surface area contributed by atoms with Gasteiger partial charge < -0.3 is 10.1 Å². The summed E-state index contributed by atoms with van der Waals surface area (Å²) in [4.78, 5) is 0.226. The highest BCUT2D eigenvalue weighted by Crippen LogP contribution is 2.17. The largest absolute Gasteiger partial charge is 0.383 e. The van der Waals surface area contributed by atoms with Crippen LogP contribution in [0.5, 0.6) is 0 Å². The van der Waals surface area contributed by atoms with E-state index in [0.717, 1.165) is 13.1 Å². The van der Waals surface area contributed by atoms with Crippen molar-refractivity contribution in [2.24, 2.45) is 0 Å². The van der Waals surface area contributed by atoms with Crippen LogP contribution in [0.15, 0.2) is 17.3 Å². The number of nitrogens with zero attached hydrogens (tertiary/aromatic N) is 3. The minimum atomic E-state index is -3.53. The molecule has 1 heterocycles. The van der Waals surface area contributed by atoms with Gasteiger partial charge in [-0.15, -0.1) is 0 Å². The Kier molecular flexibility index (Phi) is 7.30. The SMILES string of the molecule is CCNCCn1cc(S(=O)(=O)N(CCOC)C(C)C)cn1. The molecule has 0 spiro atoms. The average Bonchev–Trinajstić information content (AvgIpc) is 2.88. The first-order valence-corrected chi connectivity index (χ1v) is 8.61. The Labute approximate surface area is 127 Å². The van der Waals surface area contributed by atoms with Crippen molar-refractivity contribution in [1.29, 1.82) is 0 Å². The number of hydrogen-bond donors (Lipinski definition) is 1. The second-order valence-corrected chi connectivity index (χ2v) is 6.89. The molecule has 0 aliphatic rings. The number of likely N-dealkylation sites (N-methyl/N-ethyl adjacent to an activating group) is 1. The highest BCUT2D eigenvalue weighted by molar-refractivity contribution is 7.89. The molecule has 1 aromatic rings. The van der Waals surface area contributed by atoms with E-state index in [1.165, 1.54) is 10.5 Å². The zero-order chi connectivity index (χ0) is 15.9. The van der Waals surface area contributed by atoms with Crippen molar-refractivity contribution in [2.45, 2.75) is 38.3 Å². The molecule has 7 nitrogen and oxygen atoms in total. The van der Waals surface area contributed by atoms with Crippen LogP contribution in [0.4, 0.5) is 0 Å². The van der Waals surface area contributed by atoms with E-state index in [2.05, 4.69) is 10.4 Å². The van der Waals surface area contributed by atoms with Gasteiger partial charge in [0, 0.05) is 32.4 Å². The molecular formula is C13H26N4O3S. The fraction of sp³-hybridized carbons (Fsp3) is 0.769. The molecule has 122 valence electrons. The highest BCUT2D eigenvalue weighted by atomic mass is 32.2. The Morgan fingerprint density at radius 1 is 1.48 bits per heavy atom. The summed E-state index contributed by atoms with van der Waals surface area (Å²) in [5.41, 5.74) is 0. The number of nitrogens with one attached hydrogen (secondary N) is 1. The lowest BCUT2D eigenvalue weighted by Crippen LogP contribution is -2.39. The zero-order valence-corrected chi connectivity index (χ0v) is 14.1. The van der Waals surface area contributed by atoms with Crippen LogP contribution in [0.25, 0.3) is 0 Å². The van der Waals surface area contributed by atoms with Gasteiger partial charge in [-0.3, -0.25) is 4.68 Å². The smallest absolute Gasteiger partial charge is 0.246 e. The highest BCUT2D eigenvalue weighted by Gasteiger charge is 2.27. The van der Waals surface area contributed by atoms with Gasteiger partial charge in [-0.2, -0.15) is 9.40 Å². The summed E-state index contributed by atoms with van der Waals surface area (Å²) in [6.45, 7) is 8.70. The fourth-order valence-corrected chi connectivity index (χ4v) is 3.52. The van der Waals surface area contributed by atoms with Crippen molar-refractivity contribution in [2.75, 3.05) is 33.4 Å². The minimum absolute atomic E-state index is 0.129. The molecule has 0 bridgehead atoms. The lowest BCUT2D eigenvalue weighted by Gasteiger charge is -2.24. The lowest BCUT2D eigenvalue weighted by atomic mass is 10.4. The van der Waals surface area contributed by atoms with Crippen LogP contribution in [0.3, 0.4) is 0 Å². The maximum atomic E-state index is 12.6. The Morgan fingerprint density at radius 2 is 2.19 bits per heavy atom. The zero-order valence-electron chi connectivity index (χ0n) is 13.2. The van der Waals surface area contributed by atoms with Gasteiger partial charge in [0.25, 0.3) is 0 Å². The maximum absolute atomic E-state index is 12.6. The van der Waals surface area contributed by atoms with Gasteiger partial charge in [0.05, 0.1) is 19.3 Å². The standard InChI is InChI=1S/C13H26N4O3S/c1-5-14-6-7-16-11-13(10-15-16)21(18,19)17(12(2)3)8-9-20-4/h10-12,14H,5-9H2,1-4H3. The molecule has 0 aliphatic carbocycles. The molecule has 0 saturated carbocycles. The number of hydrogen-bond acceptors (Lipinski definition) is 5. The van der Waals surface area contributed by atoms with Crippen molar-refractivity contribution in [3.63, 3.8) is 0 Å². The molecular weight excluding hydrogens is 292 g/mol. The summed E-state index contributed by atoms with van der Waals surface area (Å²) < 4.78 is 33.3. The predicted octanol–water partition coefficient (Wildman–Crippen LogP) is 0.538. The van der Waals surface area contributed by atoms with E-state index in [0.29, 0.717) is 19.7 Å². The van der Waals surface area contributed by atoms with E-state index < -0.39 is 10.0 Å². The molecule has 1 N–H and O–H groups in total. The van der Waals surface area contributed by atoms with Gasteiger partial charge in [0.2, 0.25) is 10.0 Å². The maximum Gasteiger partial charge on any atom is 0.246 e. The van der Waals surface area contributed by atoms with E-state index in [1.807, 2.05) is 20.8 Å². The Balaban J connectivity index is 2.84. The normalized spacial score (nSPS) is 12.5. The van der Waals surface area contributed by atoms with E-state index >= 15 is 0 Å². The summed E-state index contributed by atoms with van der Waals surface area (Å²) in [6, 6.07) is -0.129. The Hall–Kier alpha value is -0.960. The molecule has 1 rings (SSSR count). The van der Waals surface area contributed by atoms with Gasteiger partial charge in [0.15, 0.2) is 0 Å². The molecule has 0 atom stereocenters. The molecule has 0 aliphatic heterocycles. The molecule has 0 unspecified atom stereocenters. The lowest BCUT2D eigenvalue weighted by molar-refractivity contribution is 0.171. The van der Waals surface area contributed by atoms with Crippen molar-refractivity contribution >= 4 is 10.0 Å². The summed E-state index contributed by atoms with van der Waals surface area (Å²) in [7, 11) is -1.97. The predicted molar refractivity (Wildman–Crippen MR) is 81.7 cm³/mol. The van der Waals surface area contributed by atoms with Crippen LogP contribution < -0.4 is 5.32 Å². The van der Waals surface area contributed by atoms with Crippen LogP contribution >= 0.6 is 0 Å². The van der Waals surface area contributed by atoms with Crippen LogP contribution in [-0.4, -0.2) is 61.9 Å². The number of ether oxygens (including phenoxy) is 1. The van der Waals surface area contributed by atoms with Gasteiger partial charge in [0.1, 0.15) is 4.90 Å². The van der Waals surface area contributed by atoms with Gasteiger partial charge >= 0.3 is 0 Å². The number of methoxy groups -OCH3 is 1. The number of rotatable bonds is 10. The van der Waals surface area contributed by atoms with Gasteiger partial charge in [-0.05, 0) is 20.4 Å². The average molecular weight is 318 g/mol. The van der Waals surface area contributed by atoms with Crippen LogP contribution in [0, 0.1) is 0 Å². The van der Waals surface area contributed by atoms with Crippen LogP contribution in [-0.2, 0) is 21.3 Å². The van der Waals surface area contributed by atoms with Crippen molar-refractivity contribution in [3.8, 4) is 0 Å². The molecule has 0 radical (unpaired) electrons. The molecule has 0 saturated heterocycles. The van der Waals surface area contributed by atoms with Crippen molar-refractivity contribution in [1.82, 2.24) is 19.4 Å². The quantitative estimate of drug-likeness (QED) is 0.637. The second-order valence-electron chi connectivity index (χ2n) is 4.99. The van der Waals surface area contributed by atoms with Crippen LogP contribution in [0.2, 0.25) is 0 Å². The Bertz CT molecular complexity index is 513. The molecule has 21 heavy (non-hydrogen) atoms. The number of aromatic nitrogens is 2. The van der Waals surface area contributed by atoms with Gasteiger partial charge in [-0.25, -0.2) is 8.42 Å². The third kappa shape index (κ3) is 5.06. The summed E-state index contributed by atoms with van der Waals surface area (Å²) in [5, 5.41) is 7.29. The van der Waals surface area contributed by atoms with E-state index in [4.69, 9.17) is 4.74 Å². The summed E-state index contributed by atoms with van der Waals surface area (Å²) in [5.74, 6) is 0. The van der Waals surface area contributed by atoms with Crippen molar-refractivity contribution in [3.05, 3.63) is 12.4 Å². The van der Waals surface area contributed by atoms with E-state index in [1.54, 1.807) is 18.0 Å². The molecule has 0 amide bonds. The third-order valence-electron chi connectivity index (χ3n) is 3.08. The molecule has 0 fully saturated rings. The third-order valence-corrected chi connectivity index (χ3v) is 5.10.